The molecule has 0 nitrogen and oxygen atoms in total. The standard InChI is InChI=1S/C30H22Si.2CH3.Zr/c1-3-15-27(16-4-1)31(28-17-5-2-6-18-28,29-19-23-11-7-8-12-24(23)20-29)30-21-25-13-9-10-14-26(25)22-30;;;/h1-22H;2*1H3;/q-2;2*-1;+4. The van der Waals surface area contributed by atoms with Crippen LogP contribution in [0.15, 0.2) is 133 Å². The SMILES string of the molecule is [CH3-].[CH3-].[Zr+4].c1ccc([Si](c2ccccc2)(c2cc3ccccc3[cH-]2)c2cc3ccccc3[cH-]2)cc1. The third-order valence-corrected chi connectivity index (χ3v) is 11.2. The van der Waals surface area contributed by atoms with E-state index in [1.807, 2.05) is 0 Å². The average molecular weight is 532 g/mol. The van der Waals surface area contributed by atoms with E-state index in [1.165, 1.54) is 42.3 Å². The maximum absolute atomic E-state index is 2.47. The second kappa shape index (κ2) is 10.6. The normalized spacial score (nSPS) is 10.8. The molecule has 0 atom stereocenters. The zero-order valence-corrected chi connectivity index (χ0v) is 23.2. The van der Waals surface area contributed by atoms with Crippen molar-refractivity contribution < 1.29 is 26.2 Å². The van der Waals surface area contributed by atoms with Crippen LogP contribution in [0.25, 0.3) is 21.5 Å². The fraction of sp³-hybridized carbons (Fsp3) is 0. The van der Waals surface area contributed by atoms with Crippen LogP contribution in [-0.2, 0) is 26.2 Å². The van der Waals surface area contributed by atoms with E-state index in [1.54, 1.807) is 0 Å². The summed E-state index contributed by atoms with van der Waals surface area (Å²) in [6.07, 6.45) is 0. The molecule has 0 radical (unpaired) electrons. The molecule has 0 bridgehead atoms. The van der Waals surface area contributed by atoms with Crippen LogP contribution >= 0.6 is 0 Å². The molecule has 0 aliphatic rings. The van der Waals surface area contributed by atoms with E-state index < -0.39 is 8.07 Å². The Morgan fingerprint density at radius 1 is 0.441 bits per heavy atom. The van der Waals surface area contributed by atoms with Gasteiger partial charge in [0, 0.05) is 0 Å². The second-order valence-electron chi connectivity index (χ2n) is 8.23. The third-order valence-electron chi connectivity index (χ3n) is 6.52. The summed E-state index contributed by atoms with van der Waals surface area (Å²) in [7, 11) is -2.47. The van der Waals surface area contributed by atoms with Crippen LogP contribution in [-0.4, -0.2) is 8.07 Å². The molecule has 6 aromatic rings. The predicted octanol–water partition coefficient (Wildman–Crippen LogP) is 5.71. The van der Waals surface area contributed by atoms with Gasteiger partial charge in [-0.05, 0) is 10.4 Å². The van der Waals surface area contributed by atoms with Crippen molar-refractivity contribution in [2.45, 2.75) is 0 Å². The first-order chi connectivity index (χ1) is 15.4. The Morgan fingerprint density at radius 3 is 1.18 bits per heavy atom. The molecule has 0 fully saturated rings. The summed E-state index contributed by atoms with van der Waals surface area (Å²) in [4.78, 5) is 0. The quantitative estimate of drug-likeness (QED) is 0.202. The van der Waals surface area contributed by atoms with Gasteiger partial charge in [0.2, 0.25) is 0 Å². The van der Waals surface area contributed by atoms with E-state index in [0.717, 1.165) is 0 Å². The minimum Gasteiger partial charge on any atom is -0.358 e. The average Bonchev–Trinajstić information content (AvgIpc) is 3.46. The van der Waals surface area contributed by atoms with E-state index in [2.05, 4.69) is 133 Å². The monoisotopic (exact) mass is 530 g/mol. The first kappa shape index (κ1) is 25.8. The molecule has 164 valence electrons. The summed E-state index contributed by atoms with van der Waals surface area (Å²) < 4.78 is 0. The van der Waals surface area contributed by atoms with Gasteiger partial charge < -0.3 is 14.9 Å². The third kappa shape index (κ3) is 4.11. The van der Waals surface area contributed by atoms with Gasteiger partial charge in [0.25, 0.3) is 0 Å². The topological polar surface area (TPSA) is 0 Å². The van der Waals surface area contributed by atoms with Gasteiger partial charge >= 0.3 is 26.2 Å². The molecular formula is C32H28SiZr. The van der Waals surface area contributed by atoms with Gasteiger partial charge in [0.1, 0.15) is 8.07 Å². The molecule has 0 saturated carbocycles. The Morgan fingerprint density at radius 2 is 0.794 bits per heavy atom. The maximum Gasteiger partial charge on any atom is 4.00 e. The molecule has 0 heterocycles. The van der Waals surface area contributed by atoms with Crippen LogP contribution in [0, 0.1) is 14.9 Å². The number of fused-ring (bicyclic) bond motifs is 2. The molecule has 2 heteroatoms. The van der Waals surface area contributed by atoms with E-state index in [0.29, 0.717) is 0 Å². The van der Waals surface area contributed by atoms with Crippen molar-refractivity contribution in [2.75, 3.05) is 0 Å². The first-order valence-corrected chi connectivity index (χ1v) is 12.8. The molecule has 0 unspecified atom stereocenters. The van der Waals surface area contributed by atoms with Crippen molar-refractivity contribution in [1.29, 1.82) is 0 Å². The van der Waals surface area contributed by atoms with Gasteiger partial charge in [0.15, 0.2) is 0 Å². The van der Waals surface area contributed by atoms with Crippen LogP contribution in [0.4, 0.5) is 0 Å². The van der Waals surface area contributed by atoms with Crippen molar-refractivity contribution in [3.63, 3.8) is 0 Å². The summed E-state index contributed by atoms with van der Waals surface area (Å²) in [5, 5.41) is 11.0. The van der Waals surface area contributed by atoms with Crippen molar-refractivity contribution in [1.82, 2.24) is 0 Å². The number of benzene rings is 4. The minimum atomic E-state index is -2.47. The first-order valence-electron chi connectivity index (χ1n) is 10.8. The van der Waals surface area contributed by atoms with Crippen molar-refractivity contribution >= 4 is 50.4 Å². The van der Waals surface area contributed by atoms with E-state index in [-0.39, 0.29) is 41.1 Å². The Bertz CT molecular complexity index is 1290. The summed E-state index contributed by atoms with van der Waals surface area (Å²) in [5.74, 6) is 0. The molecule has 6 aromatic carbocycles. The molecule has 0 N–H and O–H groups in total. The van der Waals surface area contributed by atoms with Gasteiger partial charge in [-0.2, -0.15) is 22.9 Å². The van der Waals surface area contributed by atoms with Gasteiger partial charge in [-0.15, -0.1) is 69.7 Å². The molecular weight excluding hydrogens is 504 g/mol. The van der Waals surface area contributed by atoms with Crippen LogP contribution < -0.4 is 20.7 Å². The van der Waals surface area contributed by atoms with Crippen molar-refractivity contribution in [3.05, 3.63) is 148 Å². The Labute approximate surface area is 223 Å². The van der Waals surface area contributed by atoms with Gasteiger partial charge in [0.05, 0.1) is 0 Å². The Hall–Kier alpha value is -2.80. The van der Waals surface area contributed by atoms with Crippen LogP contribution in [0.3, 0.4) is 0 Å². The smallest absolute Gasteiger partial charge is 0.358 e. The second-order valence-corrected chi connectivity index (χ2v) is 12.0. The van der Waals surface area contributed by atoms with Crippen molar-refractivity contribution in [2.24, 2.45) is 0 Å². The molecule has 0 amide bonds. The number of rotatable bonds is 4. The largest absolute Gasteiger partial charge is 4.00 e. The number of hydrogen-bond acceptors (Lipinski definition) is 0. The Kier molecular flexibility index (Phi) is 8.08. The zero-order chi connectivity index (χ0) is 20.7. The fourth-order valence-corrected chi connectivity index (χ4v) is 9.98. The zero-order valence-electron chi connectivity index (χ0n) is 19.7. The number of hydrogen-bond donors (Lipinski definition) is 0. The molecule has 0 aromatic heterocycles. The van der Waals surface area contributed by atoms with E-state index in [9.17, 15) is 0 Å². The van der Waals surface area contributed by atoms with Crippen LogP contribution in [0.5, 0.6) is 0 Å². The summed E-state index contributed by atoms with van der Waals surface area (Å²) in [5.41, 5.74) is 0. The van der Waals surface area contributed by atoms with Gasteiger partial charge in [-0.3, -0.25) is 0 Å². The summed E-state index contributed by atoms with van der Waals surface area (Å²) >= 11 is 0. The Balaban J connectivity index is 0.00000108. The van der Waals surface area contributed by atoms with Crippen LogP contribution in [0.1, 0.15) is 0 Å². The fourth-order valence-electron chi connectivity index (χ4n) is 5.11. The summed E-state index contributed by atoms with van der Waals surface area (Å²) in [6, 6.07) is 49.5. The predicted molar refractivity (Wildman–Crippen MR) is 149 cm³/mol. The molecule has 6 rings (SSSR count). The van der Waals surface area contributed by atoms with Crippen molar-refractivity contribution in [3.8, 4) is 0 Å². The van der Waals surface area contributed by atoms with E-state index >= 15 is 0 Å². The van der Waals surface area contributed by atoms with Crippen LogP contribution in [0.2, 0.25) is 0 Å². The minimum absolute atomic E-state index is 0. The molecule has 0 aliphatic carbocycles. The van der Waals surface area contributed by atoms with Gasteiger partial charge in [-0.1, -0.05) is 72.8 Å². The van der Waals surface area contributed by atoms with Gasteiger partial charge in [-0.25, -0.2) is 0 Å². The molecule has 0 spiro atoms. The molecule has 34 heavy (non-hydrogen) atoms. The van der Waals surface area contributed by atoms with E-state index in [4.69, 9.17) is 0 Å². The summed E-state index contributed by atoms with van der Waals surface area (Å²) in [6.45, 7) is 0. The maximum atomic E-state index is 2.43. The molecule has 0 saturated heterocycles. The molecule has 0 aliphatic heterocycles.